The highest BCUT2D eigenvalue weighted by molar-refractivity contribution is 5.95. The zero-order valence-corrected chi connectivity index (χ0v) is 10.7. The van der Waals surface area contributed by atoms with Crippen molar-refractivity contribution in [2.24, 2.45) is 0 Å². The Morgan fingerprint density at radius 1 is 1.24 bits per heavy atom. The monoisotopic (exact) mass is 235 g/mol. The minimum atomic E-state index is 0.172. The summed E-state index contributed by atoms with van der Waals surface area (Å²) in [5.74, 6) is 1.01. The molecule has 3 heteroatoms. The van der Waals surface area contributed by atoms with Crippen molar-refractivity contribution in [3.05, 3.63) is 29.8 Å². The van der Waals surface area contributed by atoms with Gasteiger partial charge in [0.2, 0.25) is 0 Å². The van der Waals surface area contributed by atoms with E-state index in [1.54, 1.807) is 0 Å². The van der Waals surface area contributed by atoms with Gasteiger partial charge in [0, 0.05) is 12.0 Å². The van der Waals surface area contributed by atoms with Crippen LogP contribution in [0.1, 0.15) is 36.5 Å². The largest absolute Gasteiger partial charge is 0.494 e. The number of benzene rings is 1. The Morgan fingerprint density at radius 2 is 1.94 bits per heavy atom. The molecule has 0 aromatic heterocycles. The van der Waals surface area contributed by atoms with Gasteiger partial charge < -0.3 is 10.1 Å². The average molecular weight is 235 g/mol. The number of nitrogens with one attached hydrogen (secondary N) is 1. The molecule has 0 aliphatic rings. The molecule has 0 aliphatic heterocycles. The second-order valence-electron chi connectivity index (χ2n) is 3.96. The number of unbranched alkanes of at least 4 members (excludes halogenated alkanes) is 1. The normalized spacial score (nSPS) is 10.2. The summed E-state index contributed by atoms with van der Waals surface area (Å²) in [4.78, 5) is 11.4. The van der Waals surface area contributed by atoms with E-state index in [1.165, 1.54) is 0 Å². The first-order valence-electron chi connectivity index (χ1n) is 6.18. The van der Waals surface area contributed by atoms with Gasteiger partial charge in [-0.1, -0.05) is 6.92 Å². The van der Waals surface area contributed by atoms with Gasteiger partial charge in [-0.3, -0.25) is 4.79 Å². The van der Waals surface area contributed by atoms with Crippen LogP contribution in [0.4, 0.5) is 0 Å². The molecule has 1 aromatic carbocycles. The Kier molecular flexibility index (Phi) is 6.33. The molecule has 0 bridgehead atoms. The van der Waals surface area contributed by atoms with Gasteiger partial charge in [0.05, 0.1) is 6.61 Å². The maximum absolute atomic E-state index is 11.4. The first-order valence-corrected chi connectivity index (χ1v) is 6.18. The van der Waals surface area contributed by atoms with Crippen LogP contribution < -0.4 is 10.1 Å². The van der Waals surface area contributed by atoms with Gasteiger partial charge in [0.1, 0.15) is 5.75 Å². The molecule has 0 amide bonds. The molecular weight excluding hydrogens is 214 g/mol. The number of ketones is 1. The van der Waals surface area contributed by atoms with Crippen LogP contribution in [0.3, 0.4) is 0 Å². The smallest absolute Gasteiger partial charge is 0.162 e. The van der Waals surface area contributed by atoms with E-state index in [2.05, 4.69) is 5.32 Å². The maximum Gasteiger partial charge on any atom is 0.162 e. The maximum atomic E-state index is 11.4. The van der Waals surface area contributed by atoms with Crippen molar-refractivity contribution in [1.82, 2.24) is 5.32 Å². The third-order valence-electron chi connectivity index (χ3n) is 2.59. The number of hydrogen-bond donors (Lipinski definition) is 1. The van der Waals surface area contributed by atoms with Crippen molar-refractivity contribution in [2.75, 3.05) is 20.2 Å². The standard InChI is InChI=1S/C14H21NO2/c1-3-14(16)12-6-8-13(9-7-12)17-11-5-4-10-15-2/h6-9,15H,3-5,10-11H2,1-2H3. The van der Waals surface area contributed by atoms with Crippen molar-refractivity contribution in [3.63, 3.8) is 0 Å². The number of hydrogen-bond acceptors (Lipinski definition) is 3. The summed E-state index contributed by atoms with van der Waals surface area (Å²) in [6, 6.07) is 7.38. The van der Waals surface area contributed by atoms with Crippen LogP contribution in [0.5, 0.6) is 5.75 Å². The molecule has 0 radical (unpaired) electrons. The number of Topliss-reactive ketones (excluding diaryl/α,β-unsaturated/α-hetero) is 1. The van der Waals surface area contributed by atoms with Crippen molar-refractivity contribution < 1.29 is 9.53 Å². The predicted octanol–water partition coefficient (Wildman–Crippen LogP) is 2.66. The topological polar surface area (TPSA) is 38.3 Å². The number of rotatable bonds is 8. The highest BCUT2D eigenvalue weighted by atomic mass is 16.5. The van der Waals surface area contributed by atoms with E-state index in [4.69, 9.17) is 4.74 Å². The lowest BCUT2D eigenvalue weighted by Crippen LogP contribution is -2.09. The lowest BCUT2D eigenvalue weighted by Gasteiger charge is -2.06. The quantitative estimate of drug-likeness (QED) is 0.556. The van der Waals surface area contributed by atoms with Gasteiger partial charge >= 0.3 is 0 Å². The fourth-order valence-electron chi connectivity index (χ4n) is 1.54. The van der Waals surface area contributed by atoms with Crippen LogP contribution in [-0.2, 0) is 0 Å². The third kappa shape index (κ3) is 5.00. The molecule has 1 rings (SSSR count). The molecule has 1 aromatic rings. The molecule has 17 heavy (non-hydrogen) atoms. The second kappa shape index (κ2) is 7.85. The fourth-order valence-corrected chi connectivity index (χ4v) is 1.54. The molecule has 3 nitrogen and oxygen atoms in total. The minimum absolute atomic E-state index is 0.172. The zero-order chi connectivity index (χ0) is 12.5. The molecule has 0 saturated carbocycles. The van der Waals surface area contributed by atoms with Crippen LogP contribution in [0.15, 0.2) is 24.3 Å². The number of carbonyl (C=O) groups is 1. The summed E-state index contributed by atoms with van der Waals surface area (Å²) in [5.41, 5.74) is 0.759. The van der Waals surface area contributed by atoms with Crippen molar-refractivity contribution in [1.29, 1.82) is 0 Å². The van der Waals surface area contributed by atoms with Crippen LogP contribution in [0, 0.1) is 0 Å². The van der Waals surface area contributed by atoms with Gasteiger partial charge in [-0.15, -0.1) is 0 Å². The molecule has 94 valence electrons. The molecular formula is C14H21NO2. The summed E-state index contributed by atoms with van der Waals surface area (Å²) in [5, 5.41) is 3.10. The van der Waals surface area contributed by atoms with E-state index in [9.17, 15) is 4.79 Å². The Hall–Kier alpha value is -1.35. The highest BCUT2D eigenvalue weighted by Crippen LogP contribution is 2.13. The van der Waals surface area contributed by atoms with Gasteiger partial charge in [-0.25, -0.2) is 0 Å². The molecule has 0 aliphatic carbocycles. The van der Waals surface area contributed by atoms with Crippen LogP contribution >= 0.6 is 0 Å². The van der Waals surface area contributed by atoms with Crippen LogP contribution in [0.25, 0.3) is 0 Å². The Morgan fingerprint density at radius 3 is 2.53 bits per heavy atom. The van der Waals surface area contributed by atoms with Crippen molar-refractivity contribution >= 4 is 5.78 Å². The van der Waals surface area contributed by atoms with E-state index in [-0.39, 0.29) is 5.78 Å². The number of ether oxygens (including phenoxy) is 1. The molecule has 0 fully saturated rings. The third-order valence-corrected chi connectivity index (χ3v) is 2.59. The Balaban J connectivity index is 2.33. The lowest BCUT2D eigenvalue weighted by atomic mass is 10.1. The summed E-state index contributed by atoms with van der Waals surface area (Å²) >= 11 is 0. The molecule has 0 atom stereocenters. The summed E-state index contributed by atoms with van der Waals surface area (Å²) in [6.45, 7) is 3.62. The van der Waals surface area contributed by atoms with E-state index in [0.717, 1.165) is 37.3 Å². The second-order valence-corrected chi connectivity index (χ2v) is 3.96. The average Bonchev–Trinajstić information content (AvgIpc) is 2.38. The first-order chi connectivity index (χ1) is 8.27. The molecule has 0 heterocycles. The molecule has 0 saturated heterocycles. The van der Waals surface area contributed by atoms with E-state index >= 15 is 0 Å². The number of carbonyl (C=O) groups excluding carboxylic acids is 1. The molecule has 0 unspecified atom stereocenters. The van der Waals surface area contributed by atoms with Crippen LogP contribution in [0.2, 0.25) is 0 Å². The van der Waals surface area contributed by atoms with E-state index in [1.807, 2.05) is 38.2 Å². The Labute approximate surface area is 103 Å². The summed E-state index contributed by atoms with van der Waals surface area (Å²) in [6.07, 6.45) is 2.70. The van der Waals surface area contributed by atoms with Gasteiger partial charge in [0.25, 0.3) is 0 Å². The van der Waals surface area contributed by atoms with Crippen molar-refractivity contribution in [3.8, 4) is 5.75 Å². The molecule has 0 spiro atoms. The minimum Gasteiger partial charge on any atom is -0.494 e. The van der Waals surface area contributed by atoms with Gasteiger partial charge in [-0.2, -0.15) is 0 Å². The summed E-state index contributed by atoms with van der Waals surface area (Å²) < 4.78 is 5.58. The first kappa shape index (κ1) is 13.7. The predicted molar refractivity (Wildman–Crippen MR) is 69.7 cm³/mol. The zero-order valence-electron chi connectivity index (χ0n) is 10.7. The SMILES string of the molecule is CCC(=O)c1ccc(OCCCCNC)cc1. The van der Waals surface area contributed by atoms with E-state index in [0.29, 0.717) is 6.42 Å². The summed E-state index contributed by atoms with van der Waals surface area (Å²) in [7, 11) is 1.95. The van der Waals surface area contributed by atoms with Gasteiger partial charge in [-0.05, 0) is 50.7 Å². The fraction of sp³-hybridized carbons (Fsp3) is 0.500. The lowest BCUT2D eigenvalue weighted by molar-refractivity contribution is 0.0988. The van der Waals surface area contributed by atoms with Crippen molar-refractivity contribution in [2.45, 2.75) is 26.2 Å². The van der Waals surface area contributed by atoms with Gasteiger partial charge in [0.15, 0.2) is 5.78 Å². The van der Waals surface area contributed by atoms with E-state index < -0.39 is 0 Å². The molecule has 1 N–H and O–H groups in total. The Bertz CT molecular complexity index is 333. The highest BCUT2D eigenvalue weighted by Gasteiger charge is 2.02. The van der Waals surface area contributed by atoms with Crippen LogP contribution in [-0.4, -0.2) is 26.0 Å².